The van der Waals surface area contributed by atoms with Gasteiger partial charge in [0, 0.05) is 18.6 Å². The highest BCUT2D eigenvalue weighted by molar-refractivity contribution is 9.10. The van der Waals surface area contributed by atoms with E-state index in [4.69, 9.17) is 4.74 Å². The van der Waals surface area contributed by atoms with Gasteiger partial charge in [-0.2, -0.15) is 0 Å². The summed E-state index contributed by atoms with van der Waals surface area (Å²) in [4.78, 5) is 35.7. The van der Waals surface area contributed by atoms with E-state index in [0.29, 0.717) is 4.47 Å². The number of halogens is 2. The first-order chi connectivity index (χ1) is 9.81. The SMILES string of the molecule is CN(C)C(=O)CNC(=O)COC(=O)c1cc(F)ccc1Br. The number of rotatable bonds is 5. The smallest absolute Gasteiger partial charge is 0.339 e. The van der Waals surface area contributed by atoms with Crippen molar-refractivity contribution in [2.75, 3.05) is 27.2 Å². The number of hydrogen-bond acceptors (Lipinski definition) is 4. The second-order valence-corrected chi connectivity index (χ2v) is 5.12. The van der Waals surface area contributed by atoms with Gasteiger partial charge in [0.1, 0.15) is 5.82 Å². The Balaban J connectivity index is 2.48. The van der Waals surface area contributed by atoms with Crippen LogP contribution in [0.2, 0.25) is 0 Å². The van der Waals surface area contributed by atoms with E-state index in [-0.39, 0.29) is 18.0 Å². The number of amides is 2. The van der Waals surface area contributed by atoms with Crippen LogP contribution in [0.4, 0.5) is 4.39 Å². The van der Waals surface area contributed by atoms with Crippen LogP contribution in [0.3, 0.4) is 0 Å². The minimum atomic E-state index is -0.838. The summed E-state index contributed by atoms with van der Waals surface area (Å²) in [5.74, 6) is -2.34. The van der Waals surface area contributed by atoms with E-state index >= 15 is 0 Å². The molecular weight excluding hydrogens is 347 g/mol. The van der Waals surface area contributed by atoms with Crippen LogP contribution in [0.25, 0.3) is 0 Å². The van der Waals surface area contributed by atoms with E-state index in [1.165, 1.54) is 17.0 Å². The van der Waals surface area contributed by atoms with Crippen molar-refractivity contribution in [3.63, 3.8) is 0 Å². The molecule has 0 radical (unpaired) electrons. The van der Waals surface area contributed by atoms with Crippen LogP contribution < -0.4 is 5.32 Å². The van der Waals surface area contributed by atoms with Gasteiger partial charge in [-0.1, -0.05) is 0 Å². The van der Waals surface area contributed by atoms with Crippen LogP contribution in [0.5, 0.6) is 0 Å². The number of carbonyl (C=O) groups excluding carboxylic acids is 3. The lowest BCUT2D eigenvalue weighted by Gasteiger charge is -2.11. The highest BCUT2D eigenvalue weighted by Crippen LogP contribution is 2.18. The highest BCUT2D eigenvalue weighted by atomic mass is 79.9. The zero-order valence-electron chi connectivity index (χ0n) is 11.5. The molecule has 0 saturated carbocycles. The predicted octanol–water partition coefficient (Wildman–Crippen LogP) is 0.949. The van der Waals surface area contributed by atoms with Crippen LogP contribution in [0, 0.1) is 5.82 Å². The van der Waals surface area contributed by atoms with Gasteiger partial charge in [-0.05, 0) is 34.1 Å². The Bertz CT molecular complexity index is 563. The van der Waals surface area contributed by atoms with Gasteiger partial charge in [0.05, 0.1) is 12.1 Å². The molecule has 1 N–H and O–H groups in total. The minimum absolute atomic E-state index is 0.0211. The molecule has 0 aromatic heterocycles. The summed E-state index contributed by atoms with van der Waals surface area (Å²) in [5, 5.41) is 2.30. The fourth-order valence-electron chi connectivity index (χ4n) is 1.25. The lowest BCUT2D eigenvalue weighted by atomic mass is 10.2. The normalized spacial score (nSPS) is 9.90. The summed E-state index contributed by atoms with van der Waals surface area (Å²) >= 11 is 3.09. The van der Waals surface area contributed by atoms with Crippen LogP contribution in [-0.4, -0.2) is 49.9 Å². The molecule has 0 aliphatic heterocycles. The van der Waals surface area contributed by atoms with Crippen LogP contribution in [0.1, 0.15) is 10.4 Å². The van der Waals surface area contributed by atoms with E-state index in [0.717, 1.165) is 6.07 Å². The average Bonchev–Trinajstić information content (AvgIpc) is 2.44. The van der Waals surface area contributed by atoms with Crippen molar-refractivity contribution >= 4 is 33.7 Å². The maximum atomic E-state index is 13.0. The van der Waals surface area contributed by atoms with Gasteiger partial charge in [-0.25, -0.2) is 9.18 Å². The topological polar surface area (TPSA) is 75.7 Å². The second kappa shape index (κ2) is 7.72. The molecule has 0 unspecified atom stereocenters. The number of benzene rings is 1. The average molecular weight is 361 g/mol. The van der Waals surface area contributed by atoms with Crippen molar-refractivity contribution in [2.24, 2.45) is 0 Å². The number of nitrogens with one attached hydrogen (secondary N) is 1. The molecule has 0 heterocycles. The molecule has 0 atom stereocenters. The van der Waals surface area contributed by atoms with Crippen molar-refractivity contribution in [1.29, 1.82) is 0 Å². The highest BCUT2D eigenvalue weighted by Gasteiger charge is 2.15. The molecular formula is C13H14BrFN2O4. The lowest BCUT2D eigenvalue weighted by Crippen LogP contribution is -2.38. The summed E-state index contributed by atoms with van der Waals surface area (Å²) in [6, 6.07) is 3.54. The first-order valence-corrected chi connectivity index (χ1v) is 6.69. The van der Waals surface area contributed by atoms with E-state index in [9.17, 15) is 18.8 Å². The number of likely N-dealkylation sites (N-methyl/N-ethyl adjacent to an activating group) is 1. The van der Waals surface area contributed by atoms with Gasteiger partial charge in [-0.15, -0.1) is 0 Å². The molecule has 6 nitrogen and oxygen atoms in total. The third kappa shape index (κ3) is 5.50. The van der Waals surface area contributed by atoms with Crippen molar-refractivity contribution in [2.45, 2.75) is 0 Å². The molecule has 1 rings (SSSR count). The summed E-state index contributed by atoms with van der Waals surface area (Å²) < 4.78 is 18.1. The van der Waals surface area contributed by atoms with Crippen LogP contribution in [0.15, 0.2) is 22.7 Å². The fourth-order valence-corrected chi connectivity index (χ4v) is 1.65. The molecule has 8 heteroatoms. The second-order valence-electron chi connectivity index (χ2n) is 4.27. The standard InChI is InChI=1S/C13H14BrFN2O4/c1-17(2)12(19)6-16-11(18)7-21-13(20)9-5-8(15)3-4-10(9)14/h3-5H,6-7H2,1-2H3,(H,16,18). The Hall–Kier alpha value is -1.96. The summed E-state index contributed by atoms with van der Waals surface area (Å²) in [6.45, 7) is -0.741. The number of carbonyl (C=O) groups is 3. The van der Waals surface area contributed by atoms with Crippen molar-refractivity contribution in [3.05, 3.63) is 34.1 Å². The number of esters is 1. The van der Waals surface area contributed by atoms with Gasteiger partial charge in [-0.3, -0.25) is 9.59 Å². The molecule has 0 fully saturated rings. The van der Waals surface area contributed by atoms with Gasteiger partial charge < -0.3 is 15.0 Å². The Kier molecular flexibility index (Phi) is 6.29. The maximum absolute atomic E-state index is 13.0. The summed E-state index contributed by atoms with van der Waals surface area (Å²) in [7, 11) is 3.10. The van der Waals surface area contributed by atoms with Crippen LogP contribution in [-0.2, 0) is 14.3 Å². The summed E-state index contributed by atoms with van der Waals surface area (Å²) in [5.41, 5.74) is -0.0211. The van der Waals surface area contributed by atoms with Crippen molar-refractivity contribution in [3.8, 4) is 0 Å². The Morgan fingerprint density at radius 2 is 2.00 bits per heavy atom. The molecule has 0 aliphatic carbocycles. The monoisotopic (exact) mass is 360 g/mol. The van der Waals surface area contributed by atoms with E-state index in [1.54, 1.807) is 14.1 Å². The van der Waals surface area contributed by atoms with Gasteiger partial charge in [0.2, 0.25) is 5.91 Å². The third-order valence-corrected chi connectivity index (χ3v) is 3.11. The molecule has 21 heavy (non-hydrogen) atoms. The molecule has 0 saturated heterocycles. The molecule has 1 aromatic rings. The largest absolute Gasteiger partial charge is 0.452 e. The predicted molar refractivity (Wildman–Crippen MR) is 76.1 cm³/mol. The lowest BCUT2D eigenvalue weighted by molar-refractivity contribution is -0.131. The Morgan fingerprint density at radius 3 is 2.62 bits per heavy atom. The van der Waals surface area contributed by atoms with Gasteiger partial charge in [0.15, 0.2) is 6.61 Å². The zero-order valence-corrected chi connectivity index (χ0v) is 13.1. The first kappa shape index (κ1) is 17.1. The van der Waals surface area contributed by atoms with Crippen molar-refractivity contribution < 1.29 is 23.5 Å². The quantitative estimate of drug-likeness (QED) is 0.793. The van der Waals surface area contributed by atoms with Gasteiger partial charge in [0.25, 0.3) is 5.91 Å². The zero-order chi connectivity index (χ0) is 16.0. The first-order valence-electron chi connectivity index (χ1n) is 5.90. The number of nitrogens with zero attached hydrogens (tertiary/aromatic N) is 1. The molecule has 2 amide bonds. The number of hydrogen-bond donors (Lipinski definition) is 1. The molecule has 1 aromatic carbocycles. The Morgan fingerprint density at radius 1 is 1.33 bits per heavy atom. The number of ether oxygens (including phenoxy) is 1. The van der Waals surface area contributed by atoms with Crippen molar-refractivity contribution in [1.82, 2.24) is 10.2 Å². The maximum Gasteiger partial charge on any atom is 0.339 e. The molecule has 0 aliphatic rings. The van der Waals surface area contributed by atoms with E-state index in [2.05, 4.69) is 21.2 Å². The van der Waals surface area contributed by atoms with Crippen LogP contribution >= 0.6 is 15.9 Å². The molecule has 0 spiro atoms. The minimum Gasteiger partial charge on any atom is -0.452 e. The molecule has 0 bridgehead atoms. The fraction of sp³-hybridized carbons (Fsp3) is 0.308. The molecule has 114 valence electrons. The van der Waals surface area contributed by atoms with E-state index in [1.807, 2.05) is 0 Å². The van der Waals surface area contributed by atoms with E-state index < -0.39 is 24.3 Å². The summed E-state index contributed by atoms with van der Waals surface area (Å²) in [6.07, 6.45) is 0. The van der Waals surface area contributed by atoms with Gasteiger partial charge >= 0.3 is 5.97 Å². The third-order valence-electron chi connectivity index (χ3n) is 2.42. The Labute approximate surface area is 129 Å².